The SMILES string of the molecule is CC1(C)CC(Nc2ccccn2)c2ccccc21. The second kappa shape index (κ2) is 4.13. The first-order valence-corrected chi connectivity index (χ1v) is 6.44. The fraction of sp³-hybridized carbons (Fsp3) is 0.312. The van der Waals surface area contributed by atoms with E-state index in [2.05, 4.69) is 48.4 Å². The number of nitrogens with one attached hydrogen (secondary N) is 1. The predicted octanol–water partition coefficient (Wildman–Crippen LogP) is 3.92. The summed E-state index contributed by atoms with van der Waals surface area (Å²) in [5, 5.41) is 3.54. The summed E-state index contributed by atoms with van der Waals surface area (Å²) in [5.74, 6) is 0.954. The molecule has 2 heteroatoms. The van der Waals surface area contributed by atoms with Crippen molar-refractivity contribution in [3.8, 4) is 0 Å². The minimum absolute atomic E-state index is 0.239. The fourth-order valence-electron chi connectivity index (χ4n) is 2.90. The van der Waals surface area contributed by atoms with Crippen molar-refractivity contribution < 1.29 is 0 Å². The molecule has 0 aliphatic heterocycles. The van der Waals surface area contributed by atoms with Crippen molar-refractivity contribution in [1.29, 1.82) is 0 Å². The molecule has 2 aromatic rings. The summed E-state index contributed by atoms with van der Waals surface area (Å²) in [6.45, 7) is 4.62. The molecule has 0 spiro atoms. The van der Waals surface area contributed by atoms with Gasteiger partial charge in [-0.25, -0.2) is 4.98 Å². The van der Waals surface area contributed by atoms with Gasteiger partial charge in [-0.3, -0.25) is 0 Å². The Bertz CT molecular complexity index is 546. The van der Waals surface area contributed by atoms with Crippen molar-refractivity contribution in [3.05, 3.63) is 59.8 Å². The fourth-order valence-corrected chi connectivity index (χ4v) is 2.90. The van der Waals surface area contributed by atoms with Gasteiger partial charge in [-0.05, 0) is 35.1 Å². The lowest BCUT2D eigenvalue weighted by molar-refractivity contribution is 0.493. The zero-order valence-electron chi connectivity index (χ0n) is 10.9. The summed E-state index contributed by atoms with van der Waals surface area (Å²) in [7, 11) is 0. The smallest absolute Gasteiger partial charge is 0.126 e. The maximum absolute atomic E-state index is 4.35. The van der Waals surface area contributed by atoms with Crippen molar-refractivity contribution in [2.75, 3.05) is 5.32 Å². The average Bonchev–Trinajstić information content (AvgIpc) is 2.63. The molecule has 18 heavy (non-hydrogen) atoms. The molecule has 1 unspecified atom stereocenters. The van der Waals surface area contributed by atoms with Gasteiger partial charge in [0.05, 0.1) is 6.04 Å². The van der Waals surface area contributed by atoms with E-state index in [1.54, 1.807) is 0 Å². The third-order valence-electron chi connectivity index (χ3n) is 3.77. The Hall–Kier alpha value is -1.83. The Labute approximate surface area is 108 Å². The van der Waals surface area contributed by atoms with Crippen LogP contribution in [0.25, 0.3) is 0 Å². The molecule has 1 N–H and O–H groups in total. The van der Waals surface area contributed by atoms with Crippen LogP contribution in [0.1, 0.15) is 37.4 Å². The molecule has 0 saturated heterocycles. The number of benzene rings is 1. The lowest BCUT2D eigenvalue weighted by atomic mass is 9.86. The largest absolute Gasteiger partial charge is 0.363 e. The lowest BCUT2D eigenvalue weighted by Crippen LogP contribution is -2.14. The van der Waals surface area contributed by atoms with Crippen LogP contribution in [0.15, 0.2) is 48.7 Å². The summed E-state index contributed by atoms with van der Waals surface area (Å²) in [5.41, 5.74) is 3.11. The van der Waals surface area contributed by atoms with Crippen molar-refractivity contribution in [1.82, 2.24) is 4.98 Å². The molecule has 2 nitrogen and oxygen atoms in total. The van der Waals surface area contributed by atoms with Crippen LogP contribution in [0.3, 0.4) is 0 Å². The van der Waals surface area contributed by atoms with E-state index in [0.717, 1.165) is 12.2 Å². The first-order valence-electron chi connectivity index (χ1n) is 6.44. The van der Waals surface area contributed by atoms with E-state index in [1.807, 2.05) is 24.4 Å². The Morgan fingerprint density at radius 3 is 2.67 bits per heavy atom. The van der Waals surface area contributed by atoms with E-state index in [1.165, 1.54) is 11.1 Å². The highest BCUT2D eigenvalue weighted by molar-refractivity contribution is 5.47. The summed E-state index contributed by atoms with van der Waals surface area (Å²) in [6.07, 6.45) is 2.94. The van der Waals surface area contributed by atoms with Gasteiger partial charge in [-0.1, -0.05) is 44.2 Å². The Morgan fingerprint density at radius 2 is 1.89 bits per heavy atom. The Morgan fingerprint density at radius 1 is 1.11 bits per heavy atom. The second-order valence-electron chi connectivity index (χ2n) is 5.59. The molecule has 1 atom stereocenters. The van der Waals surface area contributed by atoms with Crippen molar-refractivity contribution >= 4 is 5.82 Å². The molecule has 0 radical (unpaired) electrons. The van der Waals surface area contributed by atoms with Gasteiger partial charge in [0.1, 0.15) is 5.82 Å². The molecule has 0 fully saturated rings. The molecule has 0 amide bonds. The van der Waals surface area contributed by atoms with Gasteiger partial charge in [-0.2, -0.15) is 0 Å². The van der Waals surface area contributed by atoms with Gasteiger partial charge in [0.25, 0.3) is 0 Å². The number of anilines is 1. The third kappa shape index (κ3) is 1.88. The number of rotatable bonds is 2. The van der Waals surface area contributed by atoms with Crippen LogP contribution in [0.5, 0.6) is 0 Å². The van der Waals surface area contributed by atoms with Crippen LogP contribution in [-0.2, 0) is 5.41 Å². The van der Waals surface area contributed by atoms with Crippen molar-refractivity contribution in [2.45, 2.75) is 31.7 Å². The first-order chi connectivity index (χ1) is 8.67. The quantitative estimate of drug-likeness (QED) is 0.857. The van der Waals surface area contributed by atoms with Crippen LogP contribution in [0.2, 0.25) is 0 Å². The first kappa shape index (κ1) is 11.3. The highest BCUT2D eigenvalue weighted by atomic mass is 15.0. The molecule has 1 aliphatic carbocycles. The molecule has 3 rings (SSSR count). The number of pyridine rings is 1. The standard InChI is InChI=1S/C16H18N2/c1-16(2)11-14(12-7-3-4-8-13(12)16)18-15-9-5-6-10-17-15/h3-10,14H,11H2,1-2H3,(H,17,18). The van der Waals surface area contributed by atoms with Gasteiger partial charge in [0, 0.05) is 6.20 Å². The number of hydrogen-bond acceptors (Lipinski definition) is 2. The van der Waals surface area contributed by atoms with E-state index in [9.17, 15) is 0 Å². The summed E-state index contributed by atoms with van der Waals surface area (Å²) >= 11 is 0. The second-order valence-corrected chi connectivity index (χ2v) is 5.59. The van der Waals surface area contributed by atoms with Gasteiger partial charge in [0.15, 0.2) is 0 Å². The van der Waals surface area contributed by atoms with E-state index in [4.69, 9.17) is 0 Å². The number of hydrogen-bond donors (Lipinski definition) is 1. The van der Waals surface area contributed by atoms with Gasteiger partial charge >= 0.3 is 0 Å². The summed E-state index contributed by atoms with van der Waals surface area (Å²) in [4.78, 5) is 4.35. The van der Waals surface area contributed by atoms with Crippen LogP contribution < -0.4 is 5.32 Å². The van der Waals surface area contributed by atoms with Gasteiger partial charge in [0.2, 0.25) is 0 Å². The Kier molecular flexibility index (Phi) is 2.58. The van der Waals surface area contributed by atoms with Crippen molar-refractivity contribution in [3.63, 3.8) is 0 Å². The van der Waals surface area contributed by atoms with Crippen molar-refractivity contribution in [2.24, 2.45) is 0 Å². The van der Waals surface area contributed by atoms with Crippen LogP contribution in [0, 0.1) is 0 Å². The van der Waals surface area contributed by atoms with Crippen LogP contribution in [0.4, 0.5) is 5.82 Å². The molecular weight excluding hydrogens is 220 g/mol. The number of aromatic nitrogens is 1. The lowest BCUT2D eigenvalue weighted by Gasteiger charge is -2.19. The highest BCUT2D eigenvalue weighted by Crippen LogP contribution is 2.45. The van der Waals surface area contributed by atoms with Crippen LogP contribution in [-0.4, -0.2) is 4.98 Å². The number of nitrogens with zero attached hydrogens (tertiary/aromatic N) is 1. The number of fused-ring (bicyclic) bond motifs is 1. The third-order valence-corrected chi connectivity index (χ3v) is 3.77. The molecule has 1 aliphatic rings. The van der Waals surface area contributed by atoms with E-state index < -0.39 is 0 Å². The summed E-state index contributed by atoms with van der Waals surface area (Å²) < 4.78 is 0. The van der Waals surface area contributed by atoms with E-state index in [-0.39, 0.29) is 5.41 Å². The molecular formula is C16H18N2. The summed E-state index contributed by atoms with van der Waals surface area (Å²) in [6, 6.07) is 15.1. The molecule has 0 bridgehead atoms. The van der Waals surface area contributed by atoms with Crippen LogP contribution >= 0.6 is 0 Å². The van der Waals surface area contributed by atoms with E-state index in [0.29, 0.717) is 6.04 Å². The minimum atomic E-state index is 0.239. The zero-order chi connectivity index (χ0) is 12.6. The topological polar surface area (TPSA) is 24.9 Å². The normalized spacial score (nSPS) is 20.4. The average molecular weight is 238 g/mol. The van der Waals surface area contributed by atoms with Gasteiger partial charge < -0.3 is 5.32 Å². The molecule has 1 aromatic carbocycles. The zero-order valence-corrected chi connectivity index (χ0v) is 10.9. The molecule has 1 aromatic heterocycles. The van der Waals surface area contributed by atoms with Gasteiger partial charge in [-0.15, -0.1) is 0 Å². The minimum Gasteiger partial charge on any atom is -0.363 e. The Balaban J connectivity index is 1.92. The maximum atomic E-state index is 4.35. The molecule has 92 valence electrons. The van der Waals surface area contributed by atoms with E-state index >= 15 is 0 Å². The maximum Gasteiger partial charge on any atom is 0.126 e. The predicted molar refractivity (Wildman–Crippen MR) is 74.7 cm³/mol. The molecule has 1 heterocycles. The highest BCUT2D eigenvalue weighted by Gasteiger charge is 2.36. The monoisotopic (exact) mass is 238 g/mol. The molecule has 0 saturated carbocycles.